The van der Waals surface area contributed by atoms with E-state index in [0.29, 0.717) is 6.04 Å². The molecule has 17 heavy (non-hydrogen) atoms. The fourth-order valence-electron chi connectivity index (χ4n) is 2.43. The molecule has 4 heteroatoms. The van der Waals surface area contributed by atoms with Crippen molar-refractivity contribution in [2.75, 3.05) is 13.1 Å². The zero-order chi connectivity index (χ0) is 12.5. The lowest BCUT2D eigenvalue weighted by Crippen LogP contribution is -2.60. The maximum absolute atomic E-state index is 3.63. The number of nitrogens with one attached hydrogen (secondary N) is 1. The van der Waals surface area contributed by atoms with Crippen LogP contribution in [0.1, 0.15) is 32.1 Å². The largest absolute Gasteiger partial charge is 0.309 e. The molecule has 1 aliphatic heterocycles. The molecule has 0 radical (unpaired) electrons. The van der Waals surface area contributed by atoms with Gasteiger partial charge in [0, 0.05) is 40.6 Å². The summed E-state index contributed by atoms with van der Waals surface area (Å²) in [6.45, 7) is 10.1. The molecule has 1 aliphatic rings. The van der Waals surface area contributed by atoms with Gasteiger partial charge in [-0.25, -0.2) is 0 Å². The Hall–Kier alpha value is 0.100. The van der Waals surface area contributed by atoms with Gasteiger partial charge in [-0.05, 0) is 47.6 Å². The summed E-state index contributed by atoms with van der Waals surface area (Å²) in [5.41, 5.74) is 0.232. The molecule has 0 aromatic carbocycles. The summed E-state index contributed by atoms with van der Waals surface area (Å²) in [5, 5.41) is 5.79. The standard InChI is InChI=1S/C13H21BrN2S/c1-4-10-7-15-13(2,3)9-16(10)8-12-11(14)5-6-17-12/h5-6,10,15H,4,7-9H2,1-3H3. The molecule has 1 saturated heterocycles. The van der Waals surface area contributed by atoms with Crippen molar-refractivity contribution in [3.63, 3.8) is 0 Å². The predicted octanol–water partition coefficient (Wildman–Crippen LogP) is 3.47. The Morgan fingerprint density at radius 1 is 1.59 bits per heavy atom. The monoisotopic (exact) mass is 316 g/mol. The van der Waals surface area contributed by atoms with E-state index in [1.54, 1.807) is 0 Å². The van der Waals surface area contributed by atoms with Gasteiger partial charge in [0.2, 0.25) is 0 Å². The highest BCUT2D eigenvalue weighted by molar-refractivity contribution is 9.10. The molecule has 1 atom stereocenters. The van der Waals surface area contributed by atoms with Gasteiger partial charge in [-0.3, -0.25) is 4.90 Å². The van der Waals surface area contributed by atoms with Crippen LogP contribution in [0.5, 0.6) is 0 Å². The van der Waals surface area contributed by atoms with Crippen LogP contribution in [0, 0.1) is 0 Å². The summed E-state index contributed by atoms with van der Waals surface area (Å²) in [6, 6.07) is 2.81. The molecule has 2 nitrogen and oxygen atoms in total. The molecule has 0 saturated carbocycles. The minimum absolute atomic E-state index is 0.232. The normalized spacial score (nSPS) is 25.1. The van der Waals surface area contributed by atoms with Crippen LogP contribution >= 0.6 is 27.3 Å². The maximum Gasteiger partial charge on any atom is 0.0343 e. The van der Waals surface area contributed by atoms with Gasteiger partial charge < -0.3 is 5.32 Å². The third kappa shape index (κ3) is 3.31. The Morgan fingerprint density at radius 3 is 2.94 bits per heavy atom. The molecule has 1 N–H and O–H groups in total. The fourth-order valence-corrected chi connectivity index (χ4v) is 3.93. The highest BCUT2D eigenvalue weighted by atomic mass is 79.9. The summed E-state index contributed by atoms with van der Waals surface area (Å²) in [5.74, 6) is 0. The Kier molecular flexibility index (Phi) is 4.29. The zero-order valence-electron chi connectivity index (χ0n) is 10.8. The summed E-state index contributed by atoms with van der Waals surface area (Å²) in [4.78, 5) is 4.06. The lowest BCUT2D eigenvalue weighted by Gasteiger charge is -2.44. The van der Waals surface area contributed by atoms with Crippen molar-refractivity contribution >= 4 is 27.3 Å². The maximum atomic E-state index is 3.63. The molecule has 1 aromatic heterocycles. The molecular formula is C13H21BrN2S. The molecule has 96 valence electrons. The van der Waals surface area contributed by atoms with Crippen molar-refractivity contribution in [3.8, 4) is 0 Å². The van der Waals surface area contributed by atoms with Gasteiger partial charge in [-0.2, -0.15) is 0 Å². The van der Waals surface area contributed by atoms with Crippen molar-refractivity contribution in [2.45, 2.75) is 45.3 Å². The number of thiophene rings is 1. The summed E-state index contributed by atoms with van der Waals surface area (Å²) in [7, 11) is 0. The third-order valence-corrected chi connectivity index (χ3v) is 5.35. The second-order valence-corrected chi connectivity index (χ2v) is 7.28. The van der Waals surface area contributed by atoms with Crippen LogP contribution in [0.4, 0.5) is 0 Å². The third-order valence-electron chi connectivity index (χ3n) is 3.44. The predicted molar refractivity (Wildman–Crippen MR) is 78.6 cm³/mol. The highest BCUT2D eigenvalue weighted by Gasteiger charge is 2.31. The van der Waals surface area contributed by atoms with Crippen LogP contribution in [0.25, 0.3) is 0 Å². The van der Waals surface area contributed by atoms with Crippen LogP contribution < -0.4 is 5.32 Å². The smallest absolute Gasteiger partial charge is 0.0343 e. The van der Waals surface area contributed by atoms with Crippen LogP contribution in [-0.4, -0.2) is 29.6 Å². The van der Waals surface area contributed by atoms with E-state index in [4.69, 9.17) is 0 Å². The van der Waals surface area contributed by atoms with Crippen molar-refractivity contribution in [2.24, 2.45) is 0 Å². The molecule has 1 aromatic rings. The molecule has 2 rings (SSSR count). The summed E-state index contributed by atoms with van der Waals surface area (Å²) >= 11 is 5.48. The van der Waals surface area contributed by atoms with E-state index in [9.17, 15) is 0 Å². The van der Waals surface area contributed by atoms with Gasteiger partial charge in [0.25, 0.3) is 0 Å². The average Bonchev–Trinajstić information content (AvgIpc) is 2.64. The van der Waals surface area contributed by atoms with Crippen LogP contribution in [0.2, 0.25) is 0 Å². The molecule has 1 unspecified atom stereocenters. The Bertz CT molecular complexity index is 375. The number of nitrogens with zero attached hydrogens (tertiary/aromatic N) is 1. The first-order valence-electron chi connectivity index (χ1n) is 6.23. The Morgan fingerprint density at radius 2 is 2.35 bits per heavy atom. The lowest BCUT2D eigenvalue weighted by atomic mass is 9.97. The molecule has 2 heterocycles. The summed E-state index contributed by atoms with van der Waals surface area (Å²) < 4.78 is 1.26. The topological polar surface area (TPSA) is 15.3 Å². The SMILES string of the molecule is CCC1CNC(C)(C)CN1Cc1sccc1Br. The zero-order valence-corrected chi connectivity index (χ0v) is 13.2. The van der Waals surface area contributed by atoms with E-state index in [2.05, 4.69) is 58.4 Å². The number of halogens is 1. The van der Waals surface area contributed by atoms with Gasteiger partial charge in [-0.1, -0.05) is 6.92 Å². The first-order valence-corrected chi connectivity index (χ1v) is 7.90. The molecule has 0 aliphatic carbocycles. The van der Waals surface area contributed by atoms with E-state index in [1.807, 2.05) is 11.3 Å². The summed E-state index contributed by atoms with van der Waals surface area (Å²) in [6.07, 6.45) is 1.21. The molecule has 0 amide bonds. The molecule has 0 bridgehead atoms. The van der Waals surface area contributed by atoms with Crippen LogP contribution in [0.15, 0.2) is 15.9 Å². The lowest BCUT2D eigenvalue weighted by molar-refractivity contribution is 0.0866. The van der Waals surface area contributed by atoms with E-state index < -0.39 is 0 Å². The second-order valence-electron chi connectivity index (χ2n) is 5.42. The first-order chi connectivity index (χ1) is 8.02. The highest BCUT2D eigenvalue weighted by Crippen LogP contribution is 2.27. The fraction of sp³-hybridized carbons (Fsp3) is 0.692. The Labute approximate surface area is 117 Å². The molecule has 1 fully saturated rings. The van der Waals surface area contributed by atoms with Gasteiger partial charge >= 0.3 is 0 Å². The first kappa shape index (κ1) is 13.5. The van der Waals surface area contributed by atoms with E-state index >= 15 is 0 Å². The van der Waals surface area contributed by atoms with Crippen molar-refractivity contribution in [1.82, 2.24) is 10.2 Å². The van der Waals surface area contributed by atoms with Crippen LogP contribution in [0.3, 0.4) is 0 Å². The van der Waals surface area contributed by atoms with Crippen molar-refractivity contribution < 1.29 is 0 Å². The van der Waals surface area contributed by atoms with Gasteiger partial charge in [0.05, 0.1) is 0 Å². The van der Waals surface area contributed by atoms with Gasteiger partial charge in [-0.15, -0.1) is 11.3 Å². The number of piperazine rings is 1. The average molecular weight is 317 g/mol. The number of rotatable bonds is 3. The van der Waals surface area contributed by atoms with Crippen molar-refractivity contribution in [1.29, 1.82) is 0 Å². The number of hydrogen-bond acceptors (Lipinski definition) is 3. The van der Waals surface area contributed by atoms with E-state index in [1.165, 1.54) is 15.8 Å². The molecule has 0 spiro atoms. The van der Waals surface area contributed by atoms with Gasteiger partial charge in [0.15, 0.2) is 0 Å². The van der Waals surface area contributed by atoms with Gasteiger partial charge in [0.1, 0.15) is 0 Å². The van der Waals surface area contributed by atoms with Crippen molar-refractivity contribution in [3.05, 3.63) is 20.8 Å². The quantitative estimate of drug-likeness (QED) is 0.918. The Balaban J connectivity index is 2.08. The minimum Gasteiger partial charge on any atom is -0.309 e. The van der Waals surface area contributed by atoms with E-state index in [0.717, 1.165) is 19.6 Å². The van der Waals surface area contributed by atoms with E-state index in [-0.39, 0.29) is 5.54 Å². The molecular weight excluding hydrogens is 296 g/mol. The van der Waals surface area contributed by atoms with Crippen LogP contribution in [-0.2, 0) is 6.54 Å². The second kappa shape index (κ2) is 5.39. The minimum atomic E-state index is 0.232. The number of hydrogen-bond donors (Lipinski definition) is 1.